The summed E-state index contributed by atoms with van der Waals surface area (Å²) in [4.78, 5) is 15.8. The average molecular weight is 310 g/mol. The number of nitrogens with two attached hydrogens (primary N) is 1. The third-order valence-corrected chi connectivity index (χ3v) is 3.06. The molecule has 1 aromatic heterocycles. The Morgan fingerprint density at radius 2 is 2.15 bits per heavy atom. The van der Waals surface area contributed by atoms with E-state index < -0.39 is 11.7 Å². The first-order chi connectivity index (χ1) is 9.49. The van der Waals surface area contributed by atoms with Crippen LogP contribution in [0.2, 0.25) is 5.02 Å². The molecule has 0 atom stereocenters. The zero-order chi connectivity index (χ0) is 14.7. The first-order valence-electron chi connectivity index (χ1n) is 5.49. The van der Waals surface area contributed by atoms with Gasteiger partial charge in [-0.2, -0.15) is 0 Å². The van der Waals surface area contributed by atoms with Crippen molar-refractivity contribution in [2.24, 2.45) is 5.73 Å². The van der Waals surface area contributed by atoms with Crippen molar-refractivity contribution in [3.63, 3.8) is 0 Å². The third kappa shape index (κ3) is 3.09. The summed E-state index contributed by atoms with van der Waals surface area (Å²) < 4.78 is 13.8. The van der Waals surface area contributed by atoms with E-state index >= 15 is 0 Å². The fourth-order valence-corrected chi connectivity index (χ4v) is 1.85. The molecule has 102 valence electrons. The summed E-state index contributed by atoms with van der Waals surface area (Å²) in [6, 6.07) is 5.51. The van der Waals surface area contributed by atoms with Gasteiger partial charge in [-0.15, -0.1) is 0 Å². The second-order valence-corrected chi connectivity index (χ2v) is 4.72. The summed E-state index contributed by atoms with van der Waals surface area (Å²) in [6.07, 6.45) is 2.76. The minimum absolute atomic E-state index is 0.0166. The zero-order valence-electron chi connectivity index (χ0n) is 10.1. The maximum atomic E-state index is 13.8. The summed E-state index contributed by atoms with van der Waals surface area (Å²) in [5.74, 6) is -1.16. The van der Waals surface area contributed by atoms with E-state index in [1.165, 1.54) is 30.6 Å². The molecule has 1 amide bonds. The molecule has 1 aromatic carbocycles. The van der Waals surface area contributed by atoms with Gasteiger partial charge in [-0.3, -0.25) is 9.78 Å². The van der Waals surface area contributed by atoms with Crippen molar-refractivity contribution in [2.45, 2.75) is 0 Å². The Morgan fingerprint density at radius 1 is 1.40 bits per heavy atom. The molecule has 0 fully saturated rings. The molecule has 0 aliphatic heterocycles. The van der Waals surface area contributed by atoms with E-state index in [2.05, 4.69) is 10.3 Å². The first-order valence-corrected chi connectivity index (χ1v) is 6.28. The number of anilines is 1. The topological polar surface area (TPSA) is 68.0 Å². The summed E-state index contributed by atoms with van der Waals surface area (Å²) in [6.45, 7) is 0. The Balaban J connectivity index is 2.25. The second-order valence-electron chi connectivity index (χ2n) is 3.87. The SMILES string of the molecule is NC(=S)c1ccc(NC(=O)c2ccncc2Cl)c(F)c1. The van der Waals surface area contributed by atoms with Gasteiger partial charge in [0.05, 0.1) is 16.3 Å². The number of thiocarbonyl (C=S) groups is 1. The molecule has 7 heteroatoms. The molecule has 20 heavy (non-hydrogen) atoms. The summed E-state index contributed by atoms with van der Waals surface area (Å²) in [5.41, 5.74) is 6.01. The molecule has 2 aromatic rings. The van der Waals surface area contributed by atoms with E-state index in [0.717, 1.165) is 6.07 Å². The van der Waals surface area contributed by atoms with Crippen LogP contribution in [0.1, 0.15) is 15.9 Å². The second kappa shape index (κ2) is 5.94. The molecule has 0 saturated carbocycles. The minimum Gasteiger partial charge on any atom is -0.389 e. The fraction of sp³-hybridized carbons (Fsp3) is 0. The number of hydrogen-bond acceptors (Lipinski definition) is 3. The molecule has 0 saturated heterocycles. The molecule has 0 unspecified atom stereocenters. The Hall–Kier alpha value is -2.05. The predicted molar refractivity (Wildman–Crippen MR) is 79.5 cm³/mol. The van der Waals surface area contributed by atoms with Gasteiger partial charge in [0.2, 0.25) is 0 Å². The normalized spacial score (nSPS) is 10.1. The fourth-order valence-electron chi connectivity index (χ4n) is 1.52. The van der Waals surface area contributed by atoms with Crippen LogP contribution in [0.5, 0.6) is 0 Å². The highest BCUT2D eigenvalue weighted by atomic mass is 35.5. The quantitative estimate of drug-likeness (QED) is 0.856. The Labute approximate surface area is 124 Å². The van der Waals surface area contributed by atoms with Gasteiger partial charge in [0, 0.05) is 18.0 Å². The van der Waals surface area contributed by atoms with Gasteiger partial charge in [0.25, 0.3) is 5.91 Å². The smallest absolute Gasteiger partial charge is 0.257 e. The Morgan fingerprint density at radius 3 is 2.75 bits per heavy atom. The van der Waals surface area contributed by atoms with Crippen LogP contribution in [0.4, 0.5) is 10.1 Å². The molecular weight excluding hydrogens is 301 g/mol. The predicted octanol–water partition coefficient (Wildman–Crippen LogP) is 2.76. The number of pyridine rings is 1. The van der Waals surface area contributed by atoms with E-state index in [1.54, 1.807) is 0 Å². The van der Waals surface area contributed by atoms with E-state index in [1.807, 2.05) is 0 Å². The molecule has 0 radical (unpaired) electrons. The van der Waals surface area contributed by atoms with Gasteiger partial charge < -0.3 is 11.1 Å². The van der Waals surface area contributed by atoms with Crippen LogP contribution < -0.4 is 11.1 Å². The molecule has 4 nitrogen and oxygen atoms in total. The summed E-state index contributed by atoms with van der Waals surface area (Å²) >= 11 is 10.6. The molecular formula is C13H9ClFN3OS. The first kappa shape index (κ1) is 14.4. The number of hydrogen-bond donors (Lipinski definition) is 2. The Bertz CT molecular complexity index is 693. The highest BCUT2D eigenvalue weighted by molar-refractivity contribution is 7.80. The summed E-state index contributed by atoms with van der Waals surface area (Å²) in [5, 5.41) is 2.61. The van der Waals surface area contributed by atoms with E-state index in [-0.39, 0.29) is 21.3 Å². The Kier molecular flexibility index (Phi) is 4.26. The number of carbonyl (C=O) groups is 1. The lowest BCUT2D eigenvalue weighted by molar-refractivity contribution is 0.102. The van der Waals surface area contributed by atoms with Crippen LogP contribution in [0, 0.1) is 5.82 Å². The van der Waals surface area contributed by atoms with Crippen molar-refractivity contribution < 1.29 is 9.18 Å². The highest BCUT2D eigenvalue weighted by Gasteiger charge is 2.13. The van der Waals surface area contributed by atoms with Crippen molar-refractivity contribution in [1.82, 2.24) is 4.98 Å². The van der Waals surface area contributed by atoms with Crippen molar-refractivity contribution in [2.75, 3.05) is 5.32 Å². The van der Waals surface area contributed by atoms with E-state index in [9.17, 15) is 9.18 Å². The average Bonchev–Trinajstić information content (AvgIpc) is 2.41. The maximum absolute atomic E-state index is 13.8. The van der Waals surface area contributed by atoms with Gasteiger partial charge in [0.1, 0.15) is 10.8 Å². The lowest BCUT2D eigenvalue weighted by Crippen LogP contribution is -2.15. The van der Waals surface area contributed by atoms with Crippen LogP contribution in [0.3, 0.4) is 0 Å². The van der Waals surface area contributed by atoms with Crippen molar-refractivity contribution in [1.29, 1.82) is 0 Å². The number of nitrogens with one attached hydrogen (secondary N) is 1. The minimum atomic E-state index is -0.631. The molecule has 0 spiro atoms. The zero-order valence-corrected chi connectivity index (χ0v) is 11.6. The molecule has 0 aliphatic rings. The molecule has 0 bridgehead atoms. The molecule has 3 N–H and O–H groups in total. The van der Waals surface area contributed by atoms with Crippen LogP contribution in [-0.2, 0) is 0 Å². The van der Waals surface area contributed by atoms with Crippen molar-refractivity contribution >= 4 is 40.4 Å². The maximum Gasteiger partial charge on any atom is 0.257 e. The van der Waals surface area contributed by atoms with Gasteiger partial charge in [-0.05, 0) is 24.3 Å². The third-order valence-electron chi connectivity index (χ3n) is 2.52. The highest BCUT2D eigenvalue weighted by Crippen LogP contribution is 2.19. The monoisotopic (exact) mass is 309 g/mol. The van der Waals surface area contributed by atoms with Crippen molar-refractivity contribution in [3.05, 3.63) is 58.6 Å². The largest absolute Gasteiger partial charge is 0.389 e. The molecule has 1 heterocycles. The van der Waals surface area contributed by atoms with Crippen LogP contribution in [0.15, 0.2) is 36.7 Å². The number of halogens is 2. The molecule has 0 aliphatic carbocycles. The summed E-state index contributed by atoms with van der Waals surface area (Å²) in [7, 11) is 0. The number of benzene rings is 1. The van der Waals surface area contributed by atoms with Gasteiger partial charge in [-0.25, -0.2) is 4.39 Å². The number of nitrogens with zero attached hydrogens (tertiary/aromatic N) is 1. The van der Waals surface area contributed by atoms with Gasteiger partial charge in [-0.1, -0.05) is 23.8 Å². The van der Waals surface area contributed by atoms with Crippen molar-refractivity contribution in [3.8, 4) is 0 Å². The van der Waals surface area contributed by atoms with Gasteiger partial charge >= 0.3 is 0 Å². The lowest BCUT2D eigenvalue weighted by atomic mass is 10.2. The number of amides is 1. The molecule has 2 rings (SSSR count). The van der Waals surface area contributed by atoms with Gasteiger partial charge in [0.15, 0.2) is 0 Å². The standard InChI is InChI=1S/C13H9ClFN3OS/c14-9-6-17-4-3-8(9)13(19)18-11-2-1-7(12(16)20)5-10(11)15/h1-6H,(H2,16,20)(H,18,19). The number of aromatic nitrogens is 1. The van der Waals surface area contributed by atoms with E-state index in [4.69, 9.17) is 29.6 Å². The lowest BCUT2D eigenvalue weighted by Gasteiger charge is -2.08. The van der Waals surface area contributed by atoms with E-state index in [0.29, 0.717) is 5.56 Å². The van der Waals surface area contributed by atoms with Crippen LogP contribution in [0.25, 0.3) is 0 Å². The van der Waals surface area contributed by atoms with Crippen LogP contribution >= 0.6 is 23.8 Å². The number of rotatable bonds is 3. The number of carbonyl (C=O) groups excluding carboxylic acids is 1. The van der Waals surface area contributed by atoms with Crippen LogP contribution in [-0.4, -0.2) is 15.9 Å².